The monoisotopic (exact) mass is 422 g/mol. The largest absolute Gasteiger partial charge is 0.364 e. The molecule has 0 radical (unpaired) electrons. The lowest BCUT2D eigenvalue weighted by Gasteiger charge is -2.30. The maximum atomic E-state index is 6.57. The van der Waals surface area contributed by atoms with Crippen LogP contribution in [0.25, 0.3) is 11.0 Å². The van der Waals surface area contributed by atoms with E-state index in [2.05, 4.69) is 35.1 Å². The average Bonchev–Trinajstić information content (AvgIpc) is 3.26. The number of aromatic nitrogens is 2. The zero-order valence-corrected chi connectivity index (χ0v) is 17.6. The molecule has 2 saturated heterocycles. The van der Waals surface area contributed by atoms with E-state index in [1.807, 2.05) is 17.8 Å². The molecule has 2 bridgehead atoms. The Hall–Kier alpha value is -0.330. The van der Waals surface area contributed by atoms with Crippen molar-refractivity contribution in [1.82, 2.24) is 15.3 Å². The van der Waals surface area contributed by atoms with E-state index in [1.54, 1.807) is 0 Å². The lowest BCUT2D eigenvalue weighted by Crippen LogP contribution is -2.43. The highest BCUT2D eigenvalue weighted by atomic mass is 35.5. The topological polar surface area (TPSA) is 44.0 Å². The first-order chi connectivity index (χ1) is 11.2. The minimum Gasteiger partial charge on any atom is -0.364 e. The van der Waals surface area contributed by atoms with Crippen LogP contribution in [0.3, 0.4) is 0 Å². The van der Waals surface area contributed by atoms with Crippen molar-refractivity contribution < 1.29 is 0 Å². The third-order valence-electron chi connectivity index (χ3n) is 5.08. The fourth-order valence-corrected chi connectivity index (χ4v) is 4.98. The van der Waals surface area contributed by atoms with Crippen LogP contribution in [0.2, 0.25) is 5.02 Å². The summed E-state index contributed by atoms with van der Waals surface area (Å²) in [6.07, 6.45) is 3.55. The van der Waals surface area contributed by atoms with Gasteiger partial charge in [0.2, 0.25) is 0 Å². The zero-order chi connectivity index (χ0) is 16.0. The van der Waals surface area contributed by atoms with Gasteiger partial charge >= 0.3 is 0 Å². The van der Waals surface area contributed by atoms with Gasteiger partial charge in [0.25, 0.3) is 0 Å². The lowest BCUT2D eigenvalue weighted by molar-refractivity contribution is 0.580. The van der Waals surface area contributed by atoms with Gasteiger partial charge in [0, 0.05) is 30.4 Å². The van der Waals surface area contributed by atoms with Gasteiger partial charge in [0.15, 0.2) is 5.16 Å². The molecule has 8 heteroatoms. The smallest absolute Gasteiger partial charge is 0.166 e. The number of hydrogen-bond acceptors (Lipinski definition) is 4. The van der Waals surface area contributed by atoms with Crippen molar-refractivity contribution in [3.63, 3.8) is 0 Å². The molecular weight excluding hydrogens is 399 g/mol. The summed E-state index contributed by atoms with van der Waals surface area (Å²) < 4.78 is 0. The van der Waals surface area contributed by atoms with E-state index in [4.69, 9.17) is 16.6 Å². The van der Waals surface area contributed by atoms with Crippen LogP contribution in [0.15, 0.2) is 17.3 Å². The number of imidazole rings is 1. The van der Waals surface area contributed by atoms with Crippen molar-refractivity contribution >= 4 is 64.9 Å². The third-order valence-corrected chi connectivity index (χ3v) is 6.80. The molecule has 2 aliphatic heterocycles. The molecule has 2 aromatic rings. The molecule has 2 N–H and O–H groups in total. The van der Waals surface area contributed by atoms with Crippen molar-refractivity contribution in [2.45, 2.75) is 55.6 Å². The van der Waals surface area contributed by atoms with Crippen LogP contribution in [-0.4, -0.2) is 40.4 Å². The molecular formula is C17H25Cl3N4S. The molecule has 140 valence electrons. The van der Waals surface area contributed by atoms with Gasteiger partial charge in [-0.25, -0.2) is 4.98 Å². The quantitative estimate of drug-likeness (QED) is 0.672. The second kappa shape index (κ2) is 8.57. The second-order valence-corrected chi connectivity index (χ2v) is 8.26. The Balaban J connectivity index is 0.00000113. The van der Waals surface area contributed by atoms with Crippen LogP contribution in [0.5, 0.6) is 0 Å². The lowest BCUT2D eigenvalue weighted by atomic mass is 10.2. The van der Waals surface area contributed by atoms with Crippen molar-refractivity contribution in [3.05, 3.63) is 17.2 Å². The molecule has 25 heavy (non-hydrogen) atoms. The number of halogens is 3. The number of fused-ring (bicyclic) bond motifs is 3. The van der Waals surface area contributed by atoms with Crippen LogP contribution >= 0.6 is 48.2 Å². The number of piperazine rings is 1. The molecule has 4 nitrogen and oxygen atoms in total. The first-order valence-electron chi connectivity index (χ1n) is 8.53. The van der Waals surface area contributed by atoms with E-state index in [1.165, 1.54) is 6.42 Å². The van der Waals surface area contributed by atoms with E-state index < -0.39 is 0 Å². The number of anilines is 1. The molecule has 3 heterocycles. The van der Waals surface area contributed by atoms with Gasteiger partial charge < -0.3 is 15.2 Å². The summed E-state index contributed by atoms with van der Waals surface area (Å²) in [6, 6.07) is 5.39. The Morgan fingerprint density at radius 1 is 1.32 bits per heavy atom. The summed E-state index contributed by atoms with van der Waals surface area (Å²) in [5.41, 5.74) is 3.20. The molecule has 0 amide bonds. The van der Waals surface area contributed by atoms with E-state index >= 15 is 0 Å². The number of nitrogens with zero attached hydrogens (tertiary/aromatic N) is 2. The maximum absolute atomic E-state index is 6.57. The SMILES string of the molecule is CCC(CC)Sc1nc2cc(N3C[C@@H]4C[C@H]3CN4)c(Cl)cc2[nH]1.Cl.Cl. The van der Waals surface area contributed by atoms with E-state index in [9.17, 15) is 0 Å². The highest BCUT2D eigenvalue weighted by Crippen LogP contribution is 2.37. The van der Waals surface area contributed by atoms with Gasteiger partial charge in [-0.1, -0.05) is 37.2 Å². The minimum atomic E-state index is 0. The summed E-state index contributed by atoms with van der Waals surface area (Å²) in [7, 11) is 0. The Bertz CT molecular complexity index is 719. The van der Waals surface area contributed by atoms with Gasteiger partial charge in [-0.2, -0.15) is 0 Å². The summed E-state index contributed by atoms with van der Waals surface area (Å²) in [4.78, 5) is 10.7. The molecule has 0 spiro atoms. The van der Waals surface area contributed by atoms with Crippen molar-refractivity contribution in [2.24, 2.45) is 0 Å². The zero-order valence-electron chi connectivity index (χ0n) is 14.4. The Morgan fingerprint density at radius 2 is 2.08 bits per heavy atom. The van der Waals surface area contributed by atoms with Crippen LogP contribution in [0, 0.1) is 0 Å². The summed E-state index contributed by atoms with van der Waals surface area (Å²) >= 11 is 8.41. The standard InChI is InChI=1S/C17H23ClN4S.2ClH/c1-3-12(4-2)23-17-20-14-6-13(18)16(7-15(14)21-17)22-9-10-5-11(22)8-19-10;;/h6-7,10-12,19H,3-5,8-9H2,1-2H3,(H,20,21);2*1H/t10-,11-;;/m0../s1. The summed E-state index contributed by atoms with van der Waals surface area (Å²) in [5.74, 6) is 0. The fraction of sp³-hybridized carbons (Fsp3) is 0.588. The number of thioether (sulfide) groups is 1. The normalized spacial score (nSPS) is 21.7. The minimum absolute atomic E-state index is 0. The summed E-state index contributed by atoms with van der Waals surface area (Å²) in [5, 5.41) is 5.99. The molecule has 0 aliphatic carbocycles. The first-order valence-corrected chi connectivity index (χ1v) is 9.79. The van der Waals surface area contributed by atoms with Crippen LogP contribution in [0.1, 0.15) is 33.1 Å². The summed E-state index contributed by atoms with van der Waals surface area (Å²) in [6.45, 7) is 6.58. The van der Waals surface area contributed by atoms with E-state index in [-0.39, 0.29) is 24.8 Å². The number of aromatic amines is 1. The van der Waals surface area contributed by atoms with Crippen LogP contribution < -0.4 is 10.2 Å². The highest BCUT2D eigenvalue weighted by Gasteiger charge is 2.38. The molecule has 2 fully saturated rings. The molecule has 0 saturated carbocycles. The molecule has 2 atom stereocenters. The van der Waals surface area contributed by atoms with Gasteiger partial charge in [-0.15, -0.1) is 24.8 Å². The fourth-order valence-electron chi connectivity index (χ4n) is 3.74. The van der Waals surface area contributed by atoms with Crippen molar-refractivity contribution in [2.75, 3.05) is 18.0 Å². The predicted molar refractivity (Wildman–Crippen MR) is 113 cm³/mol. The van der Waals surface area contributed by atoms with E-state index in [0.717, 1.165) is 52.8 Å². The number of nitrogens with one attached hydrogen (secondary N) is 2. The number of benzene rings is 1. The molecule has 0 unspecified atom stereocenters. The Kier molecular flexibility index (Phi) is 7.19. The highest BCUT2D eigenvalue weighted by molar-refractivity contribution is 7.99. The Labute approximate surface area is 170 Å². The predicted octanol–water partition coefficient (Wildman–Crippen LogP) is 4.89. The number of hydrogen-bond donors (Lipinski definition) is 2. The molecule has 1 aromatic carbocycles. The van der Waals surface area contributed by atoms with E-state index in [0.29, 0.717) is 17.3 Å². The maximum Gasteiger partial charge on any atom is 0.166 e. The van der Waals surface area contributed by atoms with Crippen molar-refractivity contribution in [3.8, 4) is 0 Å². The van der Waals surface area contributed by atoms with Gasteiger partial charge in [-0.3, -0.25) is 0 Å². The van der Waals surface area contributed by atoms with Gasteiger partial charge in [0.05, 0.1) is 21.7 Å². The Morgan fingerprint density at radius 3 is 2.68 bits per heavy atom. The van der Waals surface area contributed by atoms with Crippen molar-refractivity contribution in [1.29, 1.82) is 0 Å². The van der Waals surface area contributed by atoms with Crippen LogP contribution in [0.4, 0.5) is 5.69 Å². The number of rotatable bonds is 5. The molecule has 4 rings (SSSR count). The van der Waals surface area contributed by atoms with Gasteiger partial charge in [-0.05, 0) is 31.4 Å². The van der Waals surface area contributed by atoms with Crippen LogP contribution in [-0.2, 0) is 0 Å². The first kappa shape index (κ1) is 21.0. The second-order valence-electron chi connectivity index (χ2n) is 6.57. The van der Waals surface area contributed by atoms with Gasteiger partial charge in [0.1, 0.15) is 0 Å². The average molecular weight is 424 g/mol. The third kappa shape index (κ3) is 4.01. The molecule has 1 aromatic heterocycles. The molecule has 2 aliphatic rings. The number of H-pyrrole nitrogens is 1.